The molecule has 0 radical (unpaired) electrons. The minimum atomic E-state index is -4.31. The Labute approximate surface area is 98.9 Å². The highest BCUT2D eigenvalue weighted by Gasteiger charge is 2.30. The van der Waals surface area contributed by atoms with E-state index in [4.69, 9.17) is 4.74 Å². The molecule has 0 aromatic heterocycles. The zero-order valence-corrected chi connectivity index (χ0v) is 9.63. The zero-order chi connectivity index (χ0) is 12.9. The van der Waals surface area contributed by atoms with Gasteiger partial charge in [-0.2, -0.15) is 13.2 Å². The fraction of sp³-hybridized carbons (Fsp3) is 0.385. The highest BCUT2D eigenvalue weighted by atomic mass is 19.4. The summed E-state index contributed by atoms with van der Waals surface area (Å²) in [6.45, 7) is 5.63. The van der Waals surface area contributed by atoms with Crippen molar-refractivity contribution in [3.05, 3.63) is 42.5 Å². The van der Waals surface area contributed by atoms with Crippen molar-refractivity contribution in [2.75, 3.05) is 0 Å². The maximum absolute atomic E-state index is 12.3. The molecule has 1 rings (SSSR count). The normalized spacial score (nSPS) is 13.2. The summed E-state index contributed by atoms with van der Waals surface area (Å²) in [5.74, 6) is 0.427. The van der Waals surface area contributed by atoms with E-state index in [0.717, 1.165) is 25.0 Å². The monoisotopic (exact) mass is 244 g/mol. The molecule has 1 aromatic carbocycles. The summed E-state index contributed by atoms with van der Waals surface area (Å²) in [5.41, 5.74) is -0.671. The second-order valence-corrected chi connectivity index (χ2v) is 3.70. The number of hydrogen-bond donors (Lipinski definition) is 0. The molecule has 0 unspecified atom stereocenters. The van der Waals surface area contributed by atoms with Crippen LogP contribution in [0, 0.1) is 0 Å². The Morgan fingerprint density at radius 3 is 2.29 bits per heavy atom. The molecule has 1 aromatic rings. The van der Waals surface area contributed by atoms with E-state index in [1.807, 2.05) is 6.92 Å². The summed E-state index contributed by atoms with van der Waals surface area (Å²) < 4.78 is 42.4. The van der Waals surface area contributed by atoms with Crippen molar-refractivity contribution in [3.8, 4) is 5.75 Å². The summed E-state index contributed by atoms with van der Waals surface area (Å²) in [5, 5.41) is 0. The van der Waals surface area contributed by atoms with Gasteiger partial charge in [0.25, 0.3) is 0 Å². The number of ether oxygens (including phenoxy) is 1. The van der Waals surface area contributed by atoms with Crippen LogP contribution in [0.5, 0.6) is 5.75 Å². The first-order valence-electron chi connectivity index (χ1n) is 5.44. The van der Waals surface area contributed by atoms with Gasteiger partial charge in [-0.05, 0) is 30.7 Å². The Morgan fingerprint density at radius 1 is 1.29 bits per heavy atom. The van der Waals surface area contributed by atoms with Crippen LogP contribution in [0.15, 0.2) is 36.9 Å². The first-order valence-corrected chi connectivity index (χ1v) is 5.44. The van der Waals surface area contributed by atoms with Crippen molar-refractivity contribution < 1.29 is 17.9 Å². The smallest absolute Gasteiger partial charge is 0.416 e. The SMILES string of the molecule is C=C[C@@H](CCC)Oc1ccc(C(F)(F)F)cc1. The van der Waals surface area contributed by atoms with Crippen LogP contribution in [-0.2, 0) is 6.18 Å². The van der Waals surface area contributed by atoms with E-state index in [1.54, 1.807) is 6.08 Å². The van der Waals surface area contributed by atoms with E-state index in [0.29, 0.717) is 5.75 Å². The zero-order valence-electron chi connectivity index (χ0n) is 9.63. The molecule has 0 saturated heterocycles. The highest BCUT2D eigenvalue weighted by molar-refractivity contribution is 5.29. The maximum Gasteiger partial charge on any atom is 0.416 e. The molecule has 1 nitrogen and oxygen atoms in total. The van der Waals surface area contributed by atoms with Crippen LogP contribution in [0.1, 0.15) is 25.3 Å². The molecule has 0 heterocycles. The van der Waals surface area contributed by atoms with Crippen LogP contribution >= 0.6 is 0 Å². The number of halogens is 3. The van der Waals surface area contributed by atoms with E-state index in [1.165, 1.54) is 12.1 Å². The number of hydrogen-bond acceptors (Lipinski definition) is 1. The molecule has 0 aliphatic rings. The maximum atomic E-state index is 12.3. The fourth-order valence-electron chi connectivity index (χ4n) is 1.41. The molecule has 0 spiro atoms. The molecule has 0 aliphatic heterocycles. The molecule has 0 N–H and O–H groups in total. The predicted octanol–water partition coefficient (Wildman–Crippen LogP) is 4.44. The molecule has 0 bridgehead atoms. The topological polar surface area (TPSA) is 9.23 Å². The van der Waals surface area contributed by atoms with Crippen LogP contribution in [0.3, 0.4) is 0 Å². The molecular weight excluding hydrogens is 229 g/mol. The first-order chi connectivity index (χ1) is 7.97. The molecule has 1 atom stereocenters. The first kappa shape index (κ1) is 13.6. The lowest BCUT2D eigenvalue weighted by Crippen LogP contribution is -2.12. The van der Waals surface area contributed by atoms with E-state index in [-0.39, 0.29) is 6.10 Å². The van der Waals surface area contributed by atoms with E-state index in [2.05, 4.69) is 6.58 Å². The average molecular weight is 244 g/mol. The third-order valence-electron chi connectivity index (χ3n) is 2.31. The van der Waals surface area contributed by atoms with E-state index < -0.39 is 11.7 Å². The van der Waals surface area contributed by atoms with E-state index in [9.17, 15) is 13.2 Å². The van der Waals surface area contributed by atoms with Crippen LogP contribution in [0.4, 0.5) is 13.2 Å². The second-order valence-electron chi connectivity index (χ2n) is 3.70. The third kappa shape index (κ3) is 4.13. The van der Waals surface area contributed by atoms with Crippen LogP contribution in [0.2, 0.25) is 0 Å². The number of benzene rings is 1. The molecular formula is C13H15F3O. The van der Waals surface area contributed by atoms with Gasteiger partial charge in [0.1, 0.15) is 11.9 Å². The van der Waals surface area contributed by atoms with Gasteiger partial charge in [0.2, 0.25) is 0 Å². The second kappa shape index (κ2) is 5.75. The fourth-order valence-corrected chi connectivity index (χ4v) is 1.41. The van der Waals surface area contributed by atoms with Gasteiger partial charge < -0.3 is 4.74 Å². The van der Waals surface area contributed by atoms with Crippen LogP contribution < -0.4 is 4.74 Å². The van der Waals surface area contributed by atoms with Gasteiger partial charge in [-0.15, -0.1) is 0 Å². The van der Waals surface area contributed by atoms with Gasteiger partial charge >= 0.3 is 6.18 Å². The Morgan fingerprint density at radius 2 is 1.88 bits per heavy atom. The van der Waals surface area contributed by atoms with Crippen molar-refractivity contribution in [2.24, 2.45) is 0 Å². The Balaban J connectivity index is 2.71. The summed E-state index contributed by atoms with van der Waals surface area (Å²) >= 11 is 0. The molecule has 0 saturated carbocycles. The Hall–Kier alpha value is -1.45. The lowest BCUT2D eigenvalue weighted by Gasteiger charge is -2.15. The summed E-state index contributed by atoms with van der Waals surface area (Å²) in [4.78, 5) is 0. The van der Waals surface area contributed by atoms with Gasteiger partial charge in [0, 0.05) is 0 Å². The molecule has 0 amide bonds. The largest absolute Gasteiger partial charge is 0.486 e. The summed E-state index contributed by atoms with van der Waals surface area (Å²) in [7, 11) is 0. The predicted molar refractivity (Wildman–Crippen MR) is 61.0 cm³/mol. The number of rotatable bonds is 5. The van der Waals surface area contributed by atoms with Crippen molar-refractivity contribution in [2.45, 2.75) is 32.0 Å². The minimum Gasteiger partial charge on any atom is -0.486 e. The quantitative estimate of drug-likeness (QED) is 0.696. The number of alkyl halides is 3. The standard InChI is InChI=1S/C13H15F3O/c1-3-5-11(4-2)17-12-8-6-10(7-9-12)13(14,15)16/h4,6-9,11H,2-3,5H2,1H3/t11-/m0/s1. The van der Waals surface area contributed by atoms with Gasteiger partial charge in [-0.1, -0.05) is 26.0 Å². The van der Waals surface area contributed by atoms with Crippen LogP contribution in [0.25, 0.3) is 0 Å². The Kier molecular flexibility index (Phi) is 4.61. The van der Waals surface area contributed by atoms with Gasteiger partial charge in [0.05, 0.1) is 5.56 Å². The lowest BCUT2D eigenvalue weighted by molar-refractivity contribution is -0.137. The third-order valence-corrected chi connectivity index (χ3v) is 2.31. The average Bonchev–Trinajstić information content (AvgIpc) is 2.28. The molecule has 0 aliphatic carbocycles. The molecule has 4 heteroatoms. The molecule has 17 heavy (non-hydrogen) atoms. The van der Waals surface area contributed by atoms with Crippen LogP contribution in [-0.4, -0.2) is 6.10 Å². The minimum absolute atomic E-state index is 0.156. The molecule has 0 fully saturated rings. The van der Waals surface area contributed by atoms with Gasteiger partial charge in [0.15, 0.2) is 0 Å². The van der Waals surface area contributed by atoms with E-state index >= 15 is 0 Å². The Bertz CT molecular complexity index is 354. The summed E-state index contributed by atoms with van der Waals surface area (Å²) in [6.07, 6.45) is -1.08. The summed E-state index contributed by atoms with van der Waals surface area (Å²) in [6, 6.07) is 4.69. The van der Waals surface area contributed by atoms with Crippen molar-refractivity contribution in [3.63, 3.8) is 0 Å². The molecule has 94 valence electrons. The van der Waals surface area contributed by atoms with Crippen molar-refractivity contribution in [1.82, 2.24) is 0 Å². The van der Waals surface area contributed by atoms with Crippen molar-refractivity contribution >= 4 is 0 Å². The lowest BCUT2D eigenvalue weighted by atomic mass is 10.2. The van der Waals surface area contributed by atoms with Gasteiger partial charge in [-0.3, -0.25) is 0 Å². The van der Waals surface area contributed by atoms with Crippen molar-refractivity contribution in [1.29, 1.82) is 0 Å². The highest BCUT2D eigenvalue weighted by Crippen LogP contribution is 2.30. The van der Waals surface area contributed by atoms with Gasteiger partial charge in [-0.25, -0.2) is 0 Å².